The van der Waals surface area contributed by atoms with Crippen LogP contribution in [-0.4, -0.2) is 11.6 Å². The Morgan fingerprint density at radius 1 is 0.658 bits per heavy atom. The predicted octanol–water partition coefficient (Wildman–Crippen LogP) is 9.79. The maximum Gasteiger partial charge on any atom is 0.194 e. The summed E-state index contributed by atoms with van der Waals surface area (Å²) < 4.78 is 0. The van der Waals surface area contributed by atoms with E-state index in [9.17, 15) is 9.59 Å². The summed E-state index contributed by atoms with van der Waals surface area (Å²) in [4.78, 5) is 26.7. The minimum atomic E-state index is -0.0383. The molecule has 2 aromatic rings. The summed E-state index contributed by atoms with van der Waals surface area (Å²) in [5.74, 6) is 0.694. The molecule has 202 valence electrons. The van der Waals surface area contributed by atoms with Crippen LogP contribution in [0.2, 0.25) is 0 Å². The van der Waals surface area contributed by atoms with Gasteiger partial charge in [0.1, 0.15) is 0 Å². The third-order valence-electron chi connectivity index (χ3n) is 7.44. The fourth-order valence-corrected chi connectivity index (χ4v) is 5.11. The summed E-state index contributed by atoms with van der Waals surface area (Å²) in [6, 6.07) is 11.6. The van der Waals surface area contributed by atoms with Gasteiger partial charge in [-0.1, -0.05) is 79.5 Å². The van der Waals surface area contributed by atoms with Crippen molar-refractivity contribution in [1.29, 1.82) is 0 Å². The molecule has 0 amide bonds. The highest BCUT2D eigenvalue weighted by Crippen LogP contribution is 2.29. The first kappa shape index (κ1) is 29.6. The van der Waals surface area contributed by atoms with Crippen LogP contribution >= 0.6 is 0 Å². The summed E-state index contributed by atoms with van der Waals surface area (Å²) in [6.07, 6.45) is 16.4. The highest BCUT2D eigenvalue weighted by Gasteiger charge is 2.29. The van der Waals surface area contributed by atoms with E-state index in [0.29, 0.717) is 22.3 Å². The largest absolute Gasteiger partial charge is 0.289 e. The van der Waals surface area contributed by atoms with Crippen molar-refractivity contribution >= 4 is 11.6 Å². The molecule has 1 aliphatic carbocycles. The molecule has 0 bridgehead atoms. The molecule has 0 aromatic heterocycles. The van der Waals surface area contributed by atoms with E-state index in [0.717, 1.165) is 62.0 Å². The van der Waals surface area contributed by atoms with Gasteiger partial charge in [-0.15, -0.1) is 0 Å². The smallest absolute Gasteiger partial charge is 0.194 e. The zero-order chi connectivity index (χ0) is 27.7. The summed E-state index contributed by atoms with van der Waals surface area (Å²) >= 11 is 0. The maximum atomic E-state index is 13.5. The molecule has 1 aliphatic rings. The normalized spacial score (nSPS) is 13.6. The molecule has 0 saturated heterocycles. The highest BCUT2D eigenvalue weighted by atomic mass is 16.1. The average molecular weight is 511 g/mol. The number of carbonyl (C=O) groups excluding carboxylic acids is 2. The average Bonchev–Trinajstić information content (AvgIpc) is 2.86. The first-order valence-electron chi connectivity index (χ1n) is 14.5. The Labute approximate surface area is 230 Å². The van der Waals surface area contributed by atoms with Crippen molar-refractivity contribution in [2.75, 3.05) is 0 Å². The number of aryl methyl sites for hydroxylation is 2. The molecule has 2 heteroatoms. The molecule has 3 rings (SSSR count). The van der Waals surface area contributed by atoms with Crippen LogP contribution in [0.1, 0.15) is 129 Å². The molecule has 38 heavy (non-hydrogen) atoms. The van der Waals surface area contributed by atoms with E-state index in [1.165, 1.54) is 29.6 Å². The quantitative estimate of drug-likeness (QED) is 0.214. The minimum absolute atomic E-state index is 0.0212. The van der Waals surface area contributed by atoms with E-state index in [1.54, 1.807) is 0 Å². The second-order valence-electron chi connectivity index (χ2n) is 11.7. The molecule has 0 unspecified atom stereocenters. The van der Waals surface area contributed by atoms with Crippen molar-refractivity contribution in [3.8, 4) is 0 Å². The summed E-state index contributed by atoms with van der Waals surface area (Å²) in [5.41, 5.74) is 8.61. The van der Waals surface area contributed by atoms with Gasteiger partial charge in [0.15, 0.2) is 11.6 Å². The zero-order valence-electron chi connectivity index (χ0n) is 24.5. The van der Waals surface area contributed by atoms with E-state index in [2.05, 4.69) is 59.8 Å². The van der Waals surface area contributed by atoms with Crippen molar-refractivity contribution in [2.24, 2.45) is 5.92 Å². The van der Waals surface area contributed by atoms with Crippen LogP contribution in [0.5, 0.6) is 0 Å². The first-order valence-corrected chi connectivity index (χ1v) is 14.5. The Morgan fingerprint density at radius 3 is 1.66 bits per heavy atom. The van der Waals surface area contributed by atoms with Crippen molar-refractivity contribution in [3.05, 3.63) is 105 Å². The number of hydrogen-bond acceptors (Lipinski definition) is 2. The number of benzene rings is 2. The lowest BCUT2D eigenvalue weighted by Gasteiger charge is -2.19. The van der Waals surface area contributed by atoms with Gasteiger partial charge in [-0.25, -0.2) is 0 Å². The molecular weight excluding hydrogens is 464 g/mol. The summed E-state index contributed by atoms with van der Waals surface area (Å²) in [5, 5.41) is 0. The fraction of sp³-hybridized carbons (Fsp3) is 0.444. The van der Waals surface area contributed by atoms with Crippen molar-refractivity contribution < 1.29 is 9.59 Å². The number of fused-ring (bicyclic) bond motifs is 2. The standard InChI is InChI=1S/C36H46O2/c1-25(2)11-7-13-27(5)15-9-17-29-19-21-31-33(23-29)36(38)34-24-30(20-22-32(34)35(31)37)18-10-16-28(6)14-8-12-26(3)4/h11,15-16,19-24,26H,7-10,12-14,17-18H2,1-6H3/b27-15+,28-16+. The van der Waals surface area contributed by atoms with Crippen LogP contribution in [-0.2, 0) is 12.8 Å². The van der Waals surface area contributed by atoms with Crippen LogP contribution in [0.4, 0.5) is 0 Å². The SMILES string of the molecule is CC(C)=CCC/C(C)=C/CCc1ccc2c(c1)C(=O)c1cc(CC/C=C(\C)CCCC(C)C)ccc1C2=O. The Hall–Kier alpha value is -3.00. The number of allylic oxidation sites excluding steroid dienone is 6. The van der Waals surface area contributed by atoms with Gasteiger partial charge in [-0.3, -0.25) is 9.59 Å². The second kappa shape index (κ2) is 14.2. The molecule has 0 aliphatic heterocycles. The summed E-state index contributed by atoms with van der Waals surface area (Å²) in [6.45, 7) is 13.2. The van der Waals surface area contributed by atoms with Crippen LogP contribution < -0.4 is 0 Å². The monoisotopic (exact) mass is 510 g/mol. The number of rotatable bonds is 13. The van der Waals surface area contributed by atoms with Gasteiger partial charge in [-0.2, -0.15) is 0 Å². The molecule has 2 aromatic carbocycles. The van der Waals surface area contributed by atoms with E-state index >= 15 is 0 Å². The topological polar surface area (TPSA) is 34.1 Å². The van der Waals surface area contributed by atoms with Gasteiger partial charge < -0.3 is 0 Å². The van der Waals surface area contributed by atoms with Gasteiger partial charge >= 0.3 is 0 Å². The summed E-state index contributed by atoms with van der Waals surface area (Å²) in [7, 11) is 0. The highest BCUT2D eigenvalue weighted by molar-refractivity contribution is 6.28. The minimum Gasteiger partial charge on any atom is -0.289 e. The van der Waals surface area contributed by atoms with Gasteiger partial charge in [0.05, 0.1) is 0 Å². The molecule has 0 heterocycles. The number of ketones is 2. The van der Waals surface area contributed by atoms with Crippen LogP contribution in [0, 0.1) is 5.92 Å². The zero-order valence-corrected chi connectivity index (χ0v) is 24.5. The van der Waals surface area contributed by atoms with Crippen molar-refractivity contribution in [3.63, 3.8) is 0 Å². The Balaban J connectivity index is 1.65. The van der Waals surface area contributed by atoms with Crippen LogP contribution in [0.3, 0.4) is 0 Å². The number of carbonyl (C=O) groups is 2. The molecular formula is C36H46O2. The predicted molar refractivity (Wildman–Crippen MR) is 161 cm³/mol. The lowest BCUT2D eigenvalue weighted by Crippen LogP contribution is -2.21. The fourth-order valence-electron chi connectivity index (χ4n) is 5.11. The Morgan fingerprint density at radius 2 is 1.16 bits per heavy atom. The molecule has 2 nitrogen and oxygen atoms in total. The third-order valence-corrected chi connectivity index (χ3v) is 7.44. The Bertz CT molecular complexity index is 1230. The Kier molecular flexibility index (Phi) is 11.1. The van der Waals surface area contributed by atoms with E-state index in [4.69, 9.17) is 0 Å². The molecule has 0 saturated carbocycles. The third kappa shape index (κ3) is 8.51. The van der Waals surface area contributed by atoms with Crippen molar-refractivity contribution in [2.45, 2.75) is 99.3 Å². The molecule has 0 fully saturated rings. The van der Waals surface area contributed by atoms with Gasteiger partial charge in [0.25, 0.3) is 0 Å². The molecule has 0 spiro atoms. The van der Waals surface area contributed by atoms with Crippen LogP contribution in [0.25, 0.3) is 0 Å². The first-order chi connectivity index (χ1) is 18.2. The van der Waals surface area contributed by atoms with E-state index in [1.807, 2.05) is 36.4 Å². The molecule has 0 N–H and O–H groups in total. The van der Waals surface area contributed by atoms with Gasteiger partial charge in [0, 0.05) is 22.3 Å². The second-order valence-corrected chi connectivity index (χ2v) is 11.7. The molecule has 0 atom stereocenters. The maximum absolute atomic E-state index is 13.5. The van der Waals surface area contributed by atoms with E-state index in [-0.39, 0.29) is 11.6 Å². The lowest BCUT2D eigenvalue weighted by atomic mass is 9.82. The number of hydrogen-bond donors (Lipinski definition) is 0. The molecule has 0 radical (unpaired) electrons. The van der Waals surface area contributed by atoms with Gasteiger partial charge in [-0.05, 0) is 108 Å². The lowest BCUT2D eigenvalue weighted by molar-refractivity contribution is 0.0979. The van der Waals surface area contributed by atoms with Crippen molar-refractivity contribution in [1.82, 2.24) is 0 Å². The van der Waals surface area contributed by atoms with E-state index < -0.39 is 0 Å². The van der Waals surface area contributed by atoms with Crippen LogP contribution in [0.15, 0.2) is 71.3 Å². The van der Waals surface area contributed by atoms with Gasteiger partial charge in [0.2, 0.25) is 0 Å².